The van der Waals surface area contributed by atoms with Crippen LogP contribution in [0.3, 0.4) is 0 Å². The topological polar surface area (TPSA) is 34.0 Å². The van der Waals surface area contributed by atoms with Crippen molar-refractivity contribution < 1.29 is 0 Å². The minimum absolute atomic E-state index is 0.466. The molecule has 0 amide bonds. The Morgan fingerprint density at radius 3 is 3.00 bits per heavy atom. The highest BCUT2D eigenvalue weighted by atomic mass is 15.2. The maximum atomic E-state index is 4.84. The van der Waals surface area contributed by atoms with Crippen LogP contribution in [0.5, 0.6) is 0 Å². The summed E-state index contributed by atoms with van der Waals surface area (Å²) in [5.41, 5.74) is 1.17. The van der Waals surface area contributed by atoms with Gasteiger partial charge in [0.2, 0.25) is 0 Å². The summed E-state index contributed by atoms with van der Waals surface area (Å²) in [6.07, 6.45) is 7.22. The van der Waals surface area contributed by atoms with E-state index in [2.05, 4.69) is 46.6 Å². The zero-order chi connectivity index (χ0) is 13.2. The molecule has 19 heavy (non-hydrogen) atoms. The number of rotatable bonds is 3. The van der Waals surface area contributed by atoms with Gasteiger partial charge in [0.15, 0.2) is 0 Å². The third-order valence-electron chi connectivity index (χ3n) is 3.90. The van der Waals surface area contributed by atoms with Gasteiger partial charge in [0.1, 0.15) is 11.6 Å². The van der Waals surface area contributed by atoms with E-state index in [-0.39, 0.29) is 0 Å². The summed E-state index contributed by atoms with van der Waals surface area (Å²) in [6.45, 7) is 3.29. The van der Waals surface area contributed by atoms with Gasteiger partial charge in [-0.05, 0) is 38.6 Å². The fourth-order valence-corrected chi connectivity index (χ4v) is 2.85. The third-order valence-corrected chi connectivity index (χ3v) is 3.90. The lowest BCUT2D eigenvalue weighted by atomic mass is 10.1. The zero-order valence-corrected chi connectivity index (χ0v) is 11.6. The molecule has 3 heterocycles. The van der Waals surface area contributed by atoms with Gasteiger partial charge in [0, 0.05) is 18.8 Å². The van der Waals surface area contributed by atoms with Crippen molar-refractivity contribution in [2.24, 2.45) is 0 Å². The summed E-state index contributed by atoms with van der Waals surface area (Å²) in [4.78, 5) is 11.6. The molecule has 0 aromatic carbocycles. The lowest BCUT2D eigenvalue weighted by Gasteiger charge is -2.19. The van der Waals surface area contributed by atoms with Crippen molar-refractivity contribution in [1.29, 1.82) is 0 Å². The highest BCUT2D eigenvalue weighted by molar-refractivity contribution is 5.28. The monoisotopic (exact) mass is 256 g/mol. The normalized spacial score (nSPS) is 20.0. The van der Waals surface area contributed by atoms with Gasteiger partial charge < -0.3 is 0 Å². The molecule has 0 spiro atoms. The number of likely N-dealkylation sites (tertiary alicyclic amines) is 1. The van der Waals surface area contributed by atoms with Crippen molar-refractivity contribution in [3.63, 3.8) is 0 Å². The molecule has 0 bridgehead atoms. The number of imidazole rings is 1. The van der Waals surface area contributed by atoms with Crippen LogP contribution in [0.2, 0.25) is 0 Å². The summed E-state index contributed by atoms with van der Waals surface area (Å²) in [6, 6.07) is 6.76. The highest BCUT2D eigenvalue weighted by Crippen LogP contribution is 2.29. The first-order valence-electron chi connectivity index (χ1n) is 6.99. The van der Waals surface area contributed by atoms with Gasteiger partial charge in [-0.3, -0.25) is 9.47 Å². The van der Waals surface area contributed by atoms with Crippen LogP contribution in [0.25, 0.3) is 5.82 Å². The molecule has 0 saturated carbocycles. The molecular weight excluding hydrogens is 236 g/mol. The van der Waals surface area contributed by atoms with Crippen LogP contribution in [-0.4, -0.2) is 33.0 Å². The number of hydrogen-bond donors (Lipinski definition) is 0. The molecule has 1 atom stereocenters. The number of aromatic nitrogens is 3. The Hall–Kier alpha value is -1.68. The van der Waals surface area contributed by atoms with Crippen LogP contribution in [0.1, 0.15) is 37.3 Å². The molecule has 0 N–H and O–H groups in total. The van der Waals surface area contributed by atoms with Gasteiger partial charge in [-0.1, -0.05) is 13.0 Å². The fourth-order valence-electron chi connectivity index (χ4n) is 2.85. The molecular formula is C15H20N4. The molecule has 4 nitrogen and oxygen atoms in total. The second-order valence-corrected chi connectivity index (χ2v) is 5.13. The van der Waals surface area contributed by atoms with Crippen LogP contribution < -0.4 is 0 Å². The van der Waals surface area contributed by atoms with E-state index < -0.39 is 0 Å². The quantitative estimate of drug-likeness (QED) is 0.846. The summed E-state index contributed by atoms with van der Waals surface area (Å²) in [7, 11) is 2.18. The number of nitrogens with zero attached hydrogens (tertiary/aromatic N) is 4. The molecule has 4 heteroatoms. The van der Waals surface area contributed by atoms with Crippen molar-refractivity contribution in [3.05, 3.63) is 42.1 Å². The summed E-state index contributed by atoms with van der Waals surface area (Å²) in [5, 5.41) is 0. The minimum Gasteiger partial charge on any atom is -0.298 e. The van der Waals surface area contributed by atoms with E-state index in [0.717, 1.165) is 18.1 Å². The van der Waals surface area contributed by atoms with Crippen LogP contribution in [-0.2, 0) is 6.42 Å². The number of hydrogen-bond acceptors (Lipinski definition) is 3. The Morgan fingerprint density at radius 2 is 2.26 bits per heavy atom. The molecule has 2 aromatic heterocycles. The molecule has 100 valence electrons. The zero-order valence-electron chi connectivity index (χ0n) is 11.6. The van der Waals surface area contributed by atoms with E-state index in [4.69, 9.17) is 4.98 Å². The van der Waals surface area contributed by atoms with E-state index in [1.807, 2.05) is 12.4 Å². The van der Waals surface area contributed by atoms with E-state index in [9.17, 15) is 0 Å². The number of pyridine rings is 1. The van der Waals surface area contributed by atoms with Crippen molar-refractivity contribution in [3.8, 4) is 5.82 Å². The second kappa shape index (κ2) is 5.13. The highest BCUT2D eigenvalue weighted by Gasteiger charge is 2.23. The van der Waals surface area contributed by atoms with Crippen LogP contribution >= 0.6 is 0 Å². The Balaban J connectivity index is 1.96. The first-order valence-corrected chi connectivity index (χ1v) is 6.99. The third kappa shape index (κ3) is 2.28. The van der Waals surface area contributed by atoms with Gasteiger partial charge in [0.05, 0.1) is 11.7 Å². The van der Waals surface area contributed by atoms with E-state index in [1.165, 1.54) is 25.1 Å². The Kier molecular flexibility index (Phi) is 3.34. The van der Waals surface area contributed by atoms with Crippen molar-refractivity contribution in [2.75, 3.05) is 13.6 Å². The predicted octanol–water partition coefficient (Wildman–Crippen LogP) is 2.60. The van der Waals surface area contributed by atoms with Gasteiger partial charge in [-0.25, -0.2) is 9.97 Å². The van der Waals surface area contributed by atoms with Gasteiger partial charge in [0.25, 0.3) is 0 Å². The molecule has 2 aromatic rings. The van der Waals surface area contributed by atoms with Crippen molar-refractivity contribution in [2.45, 2.75) is 32.2 Å². The predicted molar refractivity (Wildman–Crippen MR) is 75.3 cm³/mol. The Morgan fingerprint density at radius 1 is 1.37 bits per heavy atom. The smallest absolute Gasteiger partial charge is 0.138 e. The molecule has 3 rings (SSSR count). The molecule has 1 aliphatic rings. The van der Waals surface area contributed by atoms with E-state index in [1.54, 1.807) is 0 Å². The lowest BCUT2D eigenvalue weighted by molar-refractivity contribution is 0.312. The molecule has 0 unspecified atom stereocenters. The largest absolute Gasteiger partial charge is 0.298 e. The first kappa shape index (κ1) is 12.4. The Bertz CT molecular complexity index is 561. The standard InChI is InChI=1S/C15H20N4/c1-3-14-16-9-11-19(14)15-8-4-6-12(17-15)13-7-5-10-18(13)2/h4,6,8-9,11,13H,3,5,7,10H2,1-2H3/t13-/m1/s1. The van der Waals surface area contributed by atoms with E-state index >= 15 is 0 Å². The van der Waals surface area contributed by atoms with Crippen LogP contribution in [0.15, 0.2) is 30.6 Å². The molecule has 0 radical (unpaired) electrons. The van der Waals surface area contributed by atoms with Crippen molar-refractivity contribution >= 4 is 0 Å². The molecule has 1 saturated heterocycles. The van der Waals surface area contributed by atoms with Crippen LogP contribution in [0, 0.1) is 0 Å². The van der Waals surface area contributed by atoms with Gasteiger partial charge >= 0.3 is 0 Å². The fraction of sp³-hybridized carbons (Fsp3) is 0.467. The molecule has 1 aliphatic heterocycles. The molecule has 1 fully saturated rings. The maximum Gasteiger partial charge on any atom is 0.138 e. The summed E-state index contributed by atoms with van der Waals surface area (Å²) < 4.78 is 2.08. The maximum absolute atomic E-state index is 4.84. The first-order chi connectivity index (χ1) is 9.29. The SMILES string of the molecule is CCc1nccn1-c1cccc([C@H]2CCCN2C)n1. The molecule has 0 aliphatic carbocycles. The lowest BCUT2D eigenvalue weighted by Crippen LogP contribution is -2.19. The Labute approximate surface area is 114 Å². The second-order valence-electron chi connectivity index (χ2n) is 5.13. The minimum atomic E-state index is 0.466. The van der Waals surface area contributed by atoms with E-state index in [0.29, 0.717) is 6.04 Å². The average molecular weight is 256 g/mol. The van der Waals surface area contributed by atoms with Crippen LogP contribution in [0.4, 0.5) is 0 Å². The summed E-state index contributed by atoms with van der Waals surface area (Å²) in [5.74, 6) is 2.04. The van der Waals surface area contributed by atoms with Crippen molar-refractivity contribution in [1.82, 2.24) is 19.4 Å². The van der Waals surface area contributed by atoms with Gasteiger partial charge in [-0.15, -0.1) is 0 Å². The number of aryl methyl sites for hydroxylation is 1. The van der Waals surface area contributed by atoms with Gasteiger partial charge in [-0.2, -0.15) is 0 Å². The summed E-state index contributed by atoms with van der Waals surface area (Å²) >= 11 is 0. The average Bonchev–Trinajstić information content (AvgIpc) is 3.07.